The zero-order valence-corrected chi connectivity index (χ0v) is 16.2. The maximum absolute atomic E-state index is 12.2. The highest BCUT2D eigenvalue weighted by Crippen LogP contribution is 2.32. The van der Waals surface area contributed by atoms with E-state index in [0.29, 0.717) is 18.0 Å². The molecule has 2 aromatic rings. The minimum atomic E-state index is -0.261. The van der Waals surface area contributed by atoms with Crippen molar-refractivity contribution in [2.75, 3.05) is 26.1 Å². The molecule has 0 saturated carbocycles. The van der Waals surface area contributed by atoms with E-state index >= 15 is 0 Å². The summed E-state index contributed by atoms with van der Waals surface area (Å²) < 4.78 is 10.7. The molecule has 26 heavy (non-hydrogen) atoms. The number of nitrogens with one attached hydrogen (secondary N) is 2. The molecule has 2 rings (SSSR count). The Labute approximate surface area is 155 Å². The smallest absolute Gasteiger partial charge is 0.319 e. The van der Waals surface area contributed by atoms with Crippen molar-refractivity contribution in [3.63, 3.8) is 0 Å². The van der Waals surface area contributed by atoms with Gasteiger partial charge >= 0.3 is 6.03 Å². The van der Waals surface area contributed by atoms with Crippen molar-refractivity contribution in [2.24, 2.45) is 0 Å². The Morgan fingerprint density at radius 3 is 2.23 bits per heavy atom. The summed E-state index contributed by atoms with van der Waals surface area (Å²) in [5.41, 5.74) is 2.82. The molecule has 2 aromatic carbocycles. The molecule has 0 unspecified atom stereocenters. The molecule has 5 nitrogen and oxygen atoms in total. The zero-order valence-electron chi connectivity index (χ0n) is 16.2. The van der Waals surface area contributed by atoms with Crippen molar-refractivity contribution in [3.05, 3.63) is 53.6 Å². The molecule has 0 aliphatic carbocycles. The van der Waals surface area contributed by atoms with Crippen LogP contribution in [0.15, 0.2) is 42.5 Å². The molecular formula is C21H28N2O3. The van der Waals surface area contributed by atoms with Crippen LogP contribution in [0, 0.1) is 0 Å². The maximum Gasteiger partial charge on any atom is 0.319 e. The summed E-state index contributed by atoms with van der Waals surface area (Å²) in [6.07, 6.45) is 0.978. The first-order valence-electron chi connectivity index (χ1n) is 8.76. The van der Waals surface area contributed by atoms with Crippen LogP contribution in [-0.2, 0) is 11.8 Å². The average molecular weight is 356 g/mol. The van der Waals surface area contributed by atoms with Crippen LogP contribution < -0.4 is 20.1 Å². The van der Waals surface area contributed by atoms with Crippen LogP contribution in [0.5, 0.6) is 11.5 Å². The van der Waals surface area contributed by atoms with Gasteiger partial charge in [0.05, 0.1) is 14.2 Å². The number of anilines is 1. The van der Waals surface area contributed by atoms with Gasteiger partial charge in [0.2, 0.25) is 0 Å². The Balaban J connectivity index is 1.99. The van der Waals surface area contributed by atoms with Gasteiger partial charge in [0.15, 0.2) is 11.5 Å². The summed E-state index contributed by atoms with van der Waals surface area (Å²) in [5.74, 6) is 1.37. The van der Waals surface area contributed by atoms with E-state index in [2.05, 4.69) is 31.4 Å². The maximum atomic E-state index is 12.2. The van der Waals surface area contributed by atoms with Crippen LogP contribution in [0.1, 0.15) is 31.9 Å². The highest BCUT2D eigenvalue weighted by atomic mass is 16.5. The fraction of sp³-hybridized carbons (Fsp3) is 0.381. The van der Waals surface area contributed by atoms with E-state index in [1.165, 1.54) is 5.56 Å². The number of ether oxygens (including phenoxy) is 2. The molecule has 0 aromatic heterocycles. The van der Waals surface area contributed by atoms with E-state index in [9.17, 15) is 4.79 Å². The Bertz CT molecular complexity index is 739. The second-order valence-electron chi connectivity index (χ2n) is 6.81. The van der Waals surface area contributed by atoms with Gasteiger partial charge in [0, 0.05) is 17.6 Å². The molecule has 140 valence electrons. The van der Waals surface area contributed by atoms with E-state index in [4.69, 9.17) is 9.47 Å². The number of hydrogen-bond donors (Lipinski definition) is 2. The third-order valence-corrected chi connectivity index (χ3v) is 4.48. The summed E-state index contributed by atoms with van der Waals surface area (Å²) in [4.78, 5) is 12.2. The van der Waals surface area contributed by atoms with Gasteiger partial charge in [-0.2, -0.15) is 0 Å². The van der Waals surface area contributed by atoms with E-state index in [1.807, 2.05) is 42.5 Å². The van der Waals surface area contributed by atoms with Crippen LogP contribution in [0.25, 0.3) is 0 Å². The number of rotatable bonds is 7. The van der Waals surface area contributed by atoms with E-state index in [1.54, 1.807) is 14.2 Å². The Hall–Kier alpha value is -2.69. The SMILES string of the molecule is CCc1ccc(NC(=O)NCC(C)(C)c2ccc(OC)c(OC)c2)cc1. The van der Waals surface area contributed by atoms with Crippen LogP contribution in [0.2, 0.25) is 0 Å². The third kappa shape index (κ3) is 4.91. The number of benzene rings is 2. The predicted molar refractivity (Wildman–Crippen MR) is 105 cm³/mol. The van der Waals surface area contributed by atoms with Gasteiger partial charge in [-0.25, -0.2) is 4.79 Å². The van der Waals surface area contributed by atoms with Crippen molar-refractivity contribution in [1.29, 1.82) is 0 Å². The number of urea groups is 1. The molecule has 2 N–H and O–H groups in total. The fourth-order valence-corrected chi connectivity index (χ4v) is 2.66. The lowest BCUT2D eigenvalue weighted by molar-refractivity contribution is 0.249. The van der Waals surface area contributed by atoms with Crippen molar-refractivity contribution in [1.82, 2.24) is 5.32 Å². The first-order valence-corrected chi connectivity index (χ1v) is 8.76. The summed E-state index contributed by atoms with van der Waals surface area (Å²) in [6.45, 7) is 6.74. The van der Waals surface area contributed by atoms with Gasteiger partial charge in [-0.15, -0.1) is 0 Å². The molecule has 0 bridgehead atoms. The molecule has 0 fully saturated rings. The van der Waals surface area contributed by atoms with Gasteiger partial charge in [0.25, 0.3) is 0 Å². The number of carbonyl (C=O) groups is 1. The van der Waals surface area contributed by atoms with Gasteiger partial charge in [-0.1, -0.05) is 39.0 Å². The summed E-state index contributed by atoms with van der Waals surface area (Å²) in [7, 11) is 3.23. The third-order valence-electron chi connectivity index (χ3n) is 4.48. The van der Waals surface area contributed by atoms with Crippen LogP contribution in [-0.4, -0.2) is 26.8 Å². The van der Waals surface area contributed by atoms with E-state index < -0.39 is 0 Å². The minimum Gasteiger partial charge on any atom is -0.493 e. The molecule has 0 saturated heterocycles. The highest BCUT2D eigenvalue weighted by molar-refractivity contribution is 5.89. The Morgan fingerprint density at radius 2 is 1.65 bits per heavy atom. The molecular weight excluding hydrogens is 328 g/mol. The lowest BCUT2D eigenvalue weighted by Crippen LogP contribution is -2.39. The predicted octanol–water partition coefficient (Wildman–Crippen LogP) is 4.37. The van der Waals surface area contributed by atoms with Gasteiger partial charge in [0.1, 0.15) is 0 Å². The number of aryl methyl sites for hydroxylation is 1. The fourth-order valence-electron chi connectivity index (χ4n) is 2.66. The molecule has 0 spiro atoms. The lowest BCUT2D eigenvalue weighted by atomic mass is 9.84. The van der Waals surface area contributed by atoms with Crippen LogP contribution >= 0.6 is 0 Å². The Kier molecular flexibility index (Phi) is 6.50. The second kappa shape index (κ2) is 8.61. The van der Waals surface area contributed by atoms with Crippen LogP contribution in [0.3, 0.4) is 0 Å². The summed E-state index contributed by atoms with van der Waals surface area (Å²) in [5, 5.41) is 5.81. The molecule has 0 heterocycles. The number of hydrogen-bond acceptors (Lipinski definition) is 3. The summed E-state index contributed by atoms with van der Waals surface area (Å²) >= 11 is 0. The quantitative estimate of drug-likeness (QED) is 0.775. The molecule has 0 atom stereocenters. The minimum absolute atomic E-state index is 0.220. The Morgan fingerprint density at radius 1 is 1.00 bits per heavy atom. The normalized spacial score (nSPS) is 11.0. The largest absolute Gasteiger partial charge is 0.493 e. The second-order valence-corrected chi connectivity index (χ2v) is 6.81. The molecule has 2 amide bonds. The van der Waals surface area contributed by atoms with Gasteiger partial charge in [-0.3, -0.25) is 0 Å². The lowest BCUT2D eigenvalue weighted by Gasteiger charge is -2.26. The molecule has 5 heteroatoms. The first kappa shape index (κ1) is 19.6. The number of methoxy groups -OCH3 is 2. The number of carbonyl (C=O) groups excluding carboxylic acids is 1. The summed E-state index contributed by atoms with van der Waals surface area (Å²) in [6, 6.07) is 13.5. The van der Waals surface area contributed by atoms with Gasteiger partial charge < -0.3 is 20.1 Å². The van der Waals surface area contributed by atoms with Crippen molar-refractivity contribution < 1.29 is 14.3 Å². The molecule has 0 radical (unpaired) electrons. The van der Waals surface area contributed by atoms with Crippen LogP contribution in [0.4, 0.5) is 10.5 Å². The topological polar surface area (TPSA) is 59.6 Å². The molecule has 0 aliphatic rings. The number of amides is 2. The monoisotopic (exact) mass is 356 g/mol. The molecule has 0 aliphatic heterocycles. The van der Waals surface area contributed by atoms with Crippen molar-refractivity contribution in [2.45, 2.75) is 32.6 Å². The average Bonchev–Trinajstić information content (AvgIpc) is 2.66. The standard InChI is InChI=1S/C21H28N2O3/c1-6-15-7-10-17(11-8-15)23-20(24)22-14-21(2,3)16-9-12-18(25-4)19(13-16)26-5/h7-13H,6,14H2,1-5H3,(H2,22,23,24). The van der Waals surface area contributed by atoms with E-state index in [-0.39, 0.29) is 11.4 Å². The van der Waals surface area contributed by atoms with Crippen molar-refractivity contribution in [3.8, 4) is 11.5 Å². The highest BCUT2D eigenvalue weighted by Gasteiger charge is 2.23. The first-order chi connectivity index (χ1) is 12.4. The van der Waals surface area contributed by atoms with E-state index in [0.717, 1.165) is 17.7 Å². The zero-order chi connectivity index (χ0) is 19.2. The van der Waals surface area contributed by atoms with Gasteiger partial charge in [-0.05, 0) is 41.8 Å². The van der Waals surface area contributed by atoms with Crippen molar-refractivity contribution >= 4 is 11.7 Å².